The lowest BCUT2D eigenvalue weighted by Crippen LogP contribution is -2.21. The van der Waals surface area contributed by atoms with Crippen LogP contribution in [0.2, 0.25) is 0 Å². The summed E-state index contributed by atoms with van der Waals surface area (Å²) in [6.45, 7) is 4.70. The van der Waals surface area contributed by atoms with Crippen LogP contribution in [0.5, 0.6) is 17.2 Å². The van der Waals surface area contributed by atoms with Crippen molar-refractivity contribution in [3.05, 3.63) is 90.0 Å². The van der Waals surface area contributed by atoms with Gasteiger partial charge in [0, 0.05) is 0 Å². The van der Waals surface area contributed by atoms with Gasteiger partial charge in [-0.1, -0.05) is 56.3 Å². The van der Waals surface area contributed by atoms with Crippen molar-refractivity contribution in [2.45, 2.75) is 76.7 Å². The third kappa shape index (κ3) is 5.94. The second-order valence-corrected chi connectivity index (χ2v) is 9.38. The molecule has 3 aromatic rings. The van der Waals surface area contributed by atoms with Crippen molar-refractivity contribution < 1.29 is 9.47 Å². The molecule has 1 fully saturated rings. The highest BCUT2D eigenvalue weighted by Gasteiger charge is 2.24. The fourth-order valence-corrected chi connectivity index (χ4v) is 4.73. The van der Waals surface area contributed by atoms with Crippen LogP contribution < -0.4 is 9.47 Å². The van der Waals surface area contributed by atoms with Crippen molar-refractivity contribution >= 4 is 0 Å². The van der Waals surface area contributed by atoms with Crippen molar-refractivity contribution in [2.24, 2.45) is 0 Å². The van der Waals surface area contributed by atoms with Crippen LogP contribution in [0.3, 0.4) is 0 Å². The first-order valence-corrected chi connectivity index (χ1v) is 12.2. The van der Waals surface area contributed by atoms with E-state index in [2.05, 4.69) is 56.3 Å². The number of ether oxygens (including phenoxy) is 2. The molecule has 4 rings (SSSR count). The summed E-state index contributed by atoms with van der Waals surface area (Å²) in [4.78, 5) is 0. The molecule has 1 aliphatic carbocycles. The number of benzene rings is 3. The Bertz CT molecular complexity index is 958. The fraction of sp³-hybridized carbons (Fsp3) is 0.400. The van der Waals surface area contributed by atoms with E-state index in [4.69, 9.17) is 9.47 Å². The monoisotopic (exact) mass is 428 g/mol. The van der Waals surface area contributed by atoms with Crippen LogP contribution in [-0.4, -0.2) is 6.10 Å². The Hall–Kier alpha value is -2.74. The summed E-state index contributed by atoms with van der Waals surface area (Å²) in [5.41, 5.74) is 2.93. The minimum absolute atomic E-state index is 0.185. The van der Waals surface area contributed by atoms with Gasteiger partial charge in [-0.2, -0.15) is 0 Å². The molecule has 0 radical (unpaired) electrons. The van der Waals surface area contributed by atoms with Gasteiger partial charge in [-0.05, 0) is 104 Å². The largest absolute Gasteiger partial charge is 0.490 e. The molecule has 2 nitrogen and oxygen atoms in total. The van der Waals surface area contributed by atoms with Crippen LogP contribution in [0, 0.1) is 0 Å². The van der Waals surface area contributed by atoms with Crippen LogP contribution in [0.25, 0.3) is 0 Å². The first-order valence-electron chi connectivity index (χ1n) is 12.2. The topological polar surface area (TPSA) is 18.5 Å². The van der Waals surface area contributed by atoms with E-state index in [1.807, 2.05) is 36.4 Å². The van der Waals surface area contributed by atoms with E-state index in [9.17, 15) is 0 Å². The Morgan fingerprint density at radius 2 is 1.53 bits per heavy atom. The maximum Gasteiger partial charge on any atom is 0.127 e. The molecule has 168 valence electrons. The number of para-hydroxylation sites is 1. The lowest BCUT2D eigenvalue weighted by atomic mass is 9.76. The summed E-state index contributed by atoms with van der Waals surface area (Å²) in [5.74, 6) is 2.81. The molecule has 32 heavy (non-hydrogen) atoms. The first kappa shape index (κ1) is 22.5. The SMILES string of the molecule is CCC(C)(CCCc1cccc(Oc2ccccc2)c1)c1ccc(OC2CCCC2)cc1. The Balaban J connectivity index is 1.33. The van der Waals surface area contributed by atoms with Crippen LogP contribution >= 0.6 is 0 Å². The molecule has 0 aromatic heterocycles. The molecule has 1 atom stereocenters. The van der Waals surface area contributed by atoms with Gasteiger partial charge in [0.15, 0.2) is 0 Å². The maximum atomic E-state index is 6.16. The predicted molar refractivity (Wildman–Crippen MR) is 133 cm³/mol. The van der Waals surface area contributed by atoms with Gasteiger partial charge in [-0.15, -0.1) is 0 Å². The Kier molecular flexibility index (Phi) is 7.52. The van der Waals surface area contributed by atoms with Crippen molar-refractivity contribution in [3.8, 4) is 17.2 Å². The minimum Gasteiger partial charge on any atom is -0.490 e. The predicted octanol–water partition coefficient (Wildman–Crippen LogP) is 8.49. The normalized spacial score (nSPS) is 15.9. The van der Waals surface area contributed by atoms with Crippen molar-refractivity contribution in [3.63, 3.8) is 0 Å². The number of rotatable bonds is 10. The molecule has 0 bridgehead atoms. The molecule has 3 aromatic carbocycles. The van der Waals surface area contributed by atoms with E-state index in [0.717, 1.165) is 42.9 Å². The van der Waals surface area contributed by atoms with E-state index in [0.29, 0.717) is 6.10 Å². The van der Waals surface area contributed by atoms with Gasteiger partial charge in [0.1, 0.15) is 17.2 Å². The Labute approximate surface area is 193 Å². The Morgan fingerprint density at radius 3 is 2.25 bits per heavy atom. The average Bonchev–Trinajstić information content (AvgIpc) is 3.33. The van der Waals surface area contributed by atoms with E-state index < -0.39 is 0 Å². The van der Waals surface area contributed by atoms with Crippen LogP contribution in [0.15, 0.2) is 78.9 Å². The summed E-state index contributed by atoms with van der Waals surface area (Å²) in [6.07, 6.45) is 9.93. The maximum absolute atomic E-state index is 6.16. The molecule has 0 saturated heterocycles. The summed E-state index contributed by atoms with van der Waals surface area (Å²) in [5, 5.41) is 0. The summed E-state index contributed by atoms with van der Waals surface area (Å²) < 4.78 is 12.2. The van der Waals surface area contributed by atoms with Gasteiger partial charge in [0.25, 0.3) is 0 Å². The molecule has 0 heterocycles. The second-order valence-electron chi connectivity index (χ2n) is 9.38. The highest BCUT2D eigenvalue weighted by atomic mass is 16.5. The molecular formula is C30H36O2. The van der Waals surface area contributed by atoms with Crippen LogP contribution in [0.1, 0.15) is 69.9 Å². The molecular weight excluding hydrogens is 392 g/mol. The van der Waals surface area contributed by atoms with Crippen molar-refractivity contribution in [1.29, 1.82) is 0 Å². The third-order valence-corrected chi connectivity index (χ3v) is 7.01. The van der Waals surface area contributed by atoms with Gasteiger partial charge in [-0.3, -0.25) is 0 Å². The van der Waals surface area contributed by atoms with E-state index in [-0.39, 0.29) is 5.41 Å². The van der Waals surface area contributed by atoms with Gasteiger partial charge >= 0.3 is 0 Å². The standard InChI is InChI=1S/C30H36O2/c1-3-30(2,25-18-20-28(21-19-25)31-26-15-7-8-16-26)22-10-12-24-11-9-17-29(23-24)32-27-13-5-4-6-14-27/h4-6,9,11,13-14,17-21,23,26H,3,7-8,10,12,15-16,22H2,1-2H3. The average molecular weight is 429 g/mol. The lowest BCUT2D eigenvalue weighted by molar-refractivity contribution is 0.210. The van der Waals surface area contributed by atoms with Crippen molar-refractivity contribution in [1.82, 2.24) is 0 Å². The zero-order chi connectivity index (χ0) is 22.2. The summed E-state index contributed by atoms with van der Waals surface area (Å²) in [7, 11) is 0. The highest BCUT2D eigenvalue weighted by Crippen LogP contribution is 2.35. The minimum atomic E-state index is 0.185. The van der Waals surface area contributed by atoms with Gasteiger partial charge < -0.3 is 9.47 Å². The molecule has 1 aliphatic rings. The van der Waals surface area contributed by atoms with Crippen LogP contribution in [0.4, 0.5) is 0 Å². The molecule has 1 saturated carbocycles. The summed E-state index contributed by atoms with van der Waals surface area (Å²) in [6, 6.07) is 27.4. The van der Waals surface area contributed by atoms with E-state index >= 15 is 0 Å². The molecule has 1 unspecified atom stereocenters. The highest BCUT2D eigenvalue weighted by molar-refractivity contribution is 5.34. The quantitative estimate of drug-likeness (QED) is 0.322. The molecule has 2 heteroatoms. The fourth-order valence-electron chi connectivity index (χ4n) is 4.73. The molecule has 0 aliphatic heterocycles. The third-order valence-electron chi connectivity index (χ3n) is 7.01. The molecule has 0 spiro atoms. The van der Waals surface area contributed by atoms with Crippen LogP contribution in [-0.2, 0) is 11.8 Å². The zero-order valence-corrected chi connectivity index (χ0v) is 19.6. The number of aryl methyl sites for hydroxylation is 1. The smallest absolute Gasteiger partial charge is 0.127 e. The second kappa shape index (κ2) is 10.7. The van der Waals surface area contributed by atoms with Gasteiger partial charge in [-0.25, -0.2) is 0 Å². The Morgan fingerprint density at radius 1 is 0.812 bits per heavy atom. The number of hydrogen-bond acceptors (Lipinski definition) is 2. The molecule has 0 amide bonds. The zero-order valence-electron chi connectivity index (χ0n) is 19.6. The van der Waals surface area contributed by atoms with Gasteiger partial charge in [0.05, 0.1) is 6.10 Å². The lowest BCUT2D eigenvalue weighted by Gasteiger charge is -2.29. The van der Waals surface area contributed by atoms with E-state index in [1.165, 1.54) is 36.8 Å². The van der Waals surface area contributed by atoms with E-state index in [1.54, 1.807) is 0 Å². The summed E-state index contributed by atoms with van der Waals surface area (Å²) >= 11 is 0. The number of hydrogen-bond donors (Lipinski definition) is 0. The first-order chi connectivity index (χ1) is 15.6. The molecule has 0 N–H and O–H groups in total. The van der Waals surface area contributed by atoms with Crippen molar-refractivity contribution in [2.75, 3.05) is 0 Å². The van der Waals surface area contributed by atoms with Gasteiger partial charge in [0.2, 0.25) is 0 Å².